The minimum Gasteiger partial charge on any atom is -0.352 e. The molecule has 0 fully saturated rings. The zero-order valence-corrected chi connectivity index (χ0v) is 13.8. The number of carbonyl (C=O) groups excluding carboxylic acids is 1. The lowest BCUT2D eigenvalue weighted by atomic mass is 10.1. The van der Waals surface area contributed by atoms with Gasteiger partial charge in [0.05, 0.1) is 11.7 Å². The third kappa shape index (κ3) is 3.23. The van der Waals surface area contributed by atoms with Crippen molar-refractivity contribution in [1.29, 1.82) is 0 Å². The third-order valence-corrected chi connectivity index (χ3v) is 4.87. The van der Waals surface area contributed by atoms with Crippen LogP contribution in [0.15, 0.2) is 29.1 Å². The molecule has 0 bridgehead atoms. The first-order valence-corrected chi connectivity index (χ1v) is 8.66. The maximum Gasteiger partial charge on any atom is 0.252 e. The molecule has 3 rings (SSSR count). The van der Waals surface area contributed by atoms with Gasteiger partial charge in [-0.25, -0.2) is 0 Å². The highest BCUT2D eigenvalue weighted by molar-refractivity contribution is 7.08. The number of nitrogens with one attached hydrogen (secondary N) is 1. The summed E-state index contributed by atoms with van der Waals surface area (Å²) in [5.41, 5.74) is 2.01. The van der Waals surface area contributed by atoms with E-state index >= 15 is 0 Å². The maximum atomic E-state index is 12.0. The number of rotatable bonds is 5. The smallest absolute Gasteiger partial charge is 0.252 e. The average Bonchev–Trinajstić information content (AvgIpc) is 3.18. The lowest BCUT2D eigenvalue weighted by Crippen LogP contribution is -2.42. The summed E-state index contributed by atoms with van der Waals surface area (Å²) in [7, 11) is 0. The van der Waals surface area contributed by atoms with Crippen LogP contribution in [-0.2, 0) is 6.54 Å². The molecule has 3 heterocycles. The fourth-order valence-corrected chi connectivity index (χ4v) is 3.51. The second-order valence-corrected chi connectivity index (χ2v) is 6.78. The Morgan fingerprint density at radius 2 is 2.36 bits per heavy atom. The van der Waals surface area contributed by atoms with Crippen molar-refractivity contribution in [2.45, 2.75) is 38.9 Å². The predicted octanol–water partition coefficient (Wildman–Crippen LogP) is 2.53. The van der Waals surface area contributed by atoms with Gasteiger partial charge in [-0.15, -0.1) is 0 Å². The van der Waals surface area contributed by atoms with Crippen molar-refractivity contribution >= 4 is 17.2 Å². The molecule has 1 aliphatic rings. The number of hydrogen-bond acceptors (Lipinski definition) is 4. The quantitative estimate of drug-likeness (QED) is 0.921. The molecule has 1 aliphatic heterocycles. The fourth-order valence-electron chi connectivity index (χ4n) is 2.87. The van der Waals surface area contributed by atoms with E-state index in [0.29, 0.717) is 18.6 Å². The largest absolute Gasteiger partial charge is 0.352 e. The minimum absolute atomic E-state index is 0.0125. The van der Waals surface area contributed by atoms with Gasteiger partial charge in [0.15, 0.2) is 0 Å². The second-order valence-electron chi connectivity index (χ2n) is 6.00. The maximum absolute atomic E-state index is 12.0. The molecule has 0 saturated carbocycles. The highest BCUT2D eigenvalue weighted by Gasteiger charge is 2.26. The number of thiophene rings is 1. The predicted molar refractivity (Wildman–Crippen MR) is 88.1 cm³/mol. The van der Waals surface area contributed by atoms with Crippen LogP contribution in [0.2, 0.25) is 0 Å². The van der Waals surface area contributed by atoms with Crippen molar-refractivity contribution in [3.05, 3.63) is 40.3 Å². The Hall–Kier alpha value is -1.66. The number of carbonyl (C=O) groups is 1. The molecule has 0 aliphatic carbocycles. The summed E-state index contributed by atoms with van der Waals surface area (Å²) < 4.78 is 2.12. The molecule has 5 nitrogen and oxygen atoms in total. The summed E-state index contributed by atoms with van der Waals surface area (Å²) in [5, 5.41) is 11.3. The standard InChI is InChI=1S/C16H22N4OS/c1-12(2)19-9-14(20-15(10-19)4-7-18-20)3-6-17-16(21)13-5-8-22-11-13/h4-5,7-8,11-12,14H,3,6,9-10H2,1-2H3,(H,17,21)/t14-/m0/s1. The Morgan fingerprint density at radius 1 is 1.50 bits per heavy atom. The van der Waals surface area contributed by atoms with E-state index in [1.165, 1.54) is 5.69 Å². The van der Waals surface area contributed by atoms with Crippen LogP contribution in [0.4, 0.5) is 0 Å². The molecule has 0 radical (unpaired) electrons. The minimum atomic E-state index is 0.0125. The molecular weight excluding hydrogens is 296 g/mol. The lowest BCUT2D eigenvalue weighted by molar-refractivity contribution is 0.0944. The highest BCUT2D eigenvalue weighted by atomic mass is 32.1. The zero-order chi connectivity index (χ0) is 15.5. The summed E-state index contributed by atoms with van der Waals surface area (Å²) >= 11 is 1.54. The molecule has 22 heavy (non-hydrogen) atoms. The van der Waals surface area contributed by atoms with Crippen molar-refractivity contribution in [1.82, 2.24) is 20.0 Å². The topological polar surface area (TPSA) is 50.2 Å². The van der Waals surface area contributed by atoms with E-state index in [9.17, 15) is 4.79 Å². The monoisotopic (exact) mass is 318 g/mol. The van der Waals surface area contributed by atoms with Crippen LogP contribution < -0.4 is 5.32 Å². The van der Waals surface area contributed by atoms with E-state index in [4.69, 9.17) is 0 Å². The van der Waals surface area contributed by atoms with Crippen LogP contribution in [0, 0.1) is 0 Å². The molecule has 6 heteroatoms. The van der Waals surface area contributed by atoms with Gasteiger partial charge in [-0.05, 0) is 37.8 Å². The molecule has 2 aromatic rings. The summed E-state index contributed by atoms with van der Waals surface area (Å²) in [6, 6.07) is 4.79. The van der Waals surface area contributed by atoms with Gasteiger partial charge in [-0.2, -0.15) is 16.4 Å². The molecule has 0 saturated heterocycles. The lowest BCUT2D eigenvalue weighted by Gasteiger charge is -2.36. The van der Waals surface area contributed by atoms with E-state index in [2.05, 4.69) is 39.9 Å². The molecule has 1 N–H and O–H groups in total. The van der Waals surface area contributed by atoms with Gasteiger partial charge >= 0.3 is 0 Å². The van der Waals surface area contributed by atoms with Crippen LogP contribution in [0.5, 0.6) is 0 Å². The molecule has 0 aromatic carbocycles. The number of nitrogens with zero attached hydrogens (tertiary/aromatic N) is 3. The Kier molecular flexibility index (Phi) is 4.59. The molecular formula is C16H22N4OS. The first-order valence-electron chi connectivity index (χ1n) is 7.72. The van der Waals surface area contributed by atoms with Gasteiger partial charge in [0.2, 0.25) is 0 Å². The fraction of sp³-hybridized carbons (Fsp3) is 0.500. The van der Waals surface area contributed by atoms with Gasteiger partial charge < -0.3 is 5.32 Å². The Labute approximate surface area is 134 Å². The molecule has 1 atom stereocenters. The molecule has 118 valence electrons. The number of amides is 1. The Bertz CT molecular complexity index is 620. The highest BCUT2D eigenvalue weighted by Crippen LogP contribution is 2.24. The van der Waals surface area contributed by atoms with Crippen LogP contribution in [-0.4, -0.2) is 39.7 Å². The first-order chi connectivity index (χ1) is 10.6. The zero-order valence-electron chi connectivity index (χ0n) is 13.0. The van der Waals surface area contributed by atoms with Gasteiger partial charge in [0.1, 0.15) is 0 Å². The summed E-state index contributed by atoms with van der Waals surface area (Å²) in [5.74, 6) is 0.0125. The van der Waals surface area contributed by atoms with Crippen molar-refractivity contribution in [2.75, 3.05) is 13.1 Å². The SMILES string of the molecule is CC(C)N1Cc2ccnn2[C@@H](CCNC(=O)c2ccsc2)C1. The van der Waals surface area contributed by atoms with Crippen LogP contribution in [0.25, 0.3) is 0 Å². The molecule has 1 amide bonds. The summed E-state index contributed by atoms with van der Waals surface area (Å²) in [6.07, 6.45) is 2.77. The average molecular weight is 318 g/mol. The Balaban J connectivity index is 1.59. The summed E-state index contributed by atoms with van der Waals surface area (Å²) in [6.45, 7) is 7.06. The molecule has 0 unspecified atom stereocenters. The van der Waals surface area contributed by atoms with E-state index < -0.39 is 0 Å². The van der Waals surface area contributed by atoms with Crippen LogP contribution in [0.3, 0.4) is 0 Å². The second kappa shape index (κ2) is 6.62. The van der Waals surface area contributed by atoms with E-state index in [1.807, 2.05) is 23.0 Å². The molecule has 2 aromatic heterocycles. The molecule has 0 spiro atoms. The number of hydrogen-bond donors (Lipinski definition) is 1. The van der Waals surface area contributed by atoms with Crippen LogP contribution in [0.1, 0.15) is 42.4 Å². The summed E-state index contributed by atoms with van der Waals surface area (Å²) in [4.78, 5) is 14.4. The van der Waals surface area contributed by atoms with E-state index in [0.717, 1.165) is 25.1 Å². The van der Waals surface area contributed by atoms with Gasteiger partial charge in [-0.1, -0.05) is 0 Å². The Morgan fingerprint density at radius 3 is 3.09 bits per heavy atom. The van der Waals surface area contributed by atoms with E-state index in [-0.39, 0.29) is 5.91 Å². The van der Waals surface area contributed by atoms with Crippen molar-refractivity contribution in [2.24, 2.45) is 0 Å². The third-order valence-electron chi connectivity index (χ3n) is 4.19. The van der Waals surface area contributed by atoms with Gasteiger partial charge in [0, 0.05) is 42.8 Å². The van der Waals surface area contributed by atoms with Crippen molar-refractivity contribution < 1.29 is 4.79 Å². The first kappa shape index (κ1) is 15.2. The van der Waals surface area contributed by atoms with Crippen LogP contribution >= 0.6 is 11.3 Å². The van der Waals surface area contributed by atoms with Gasteiger partial charge in [0.25, 0.3) is 5.91 Å². The normalized spacial score (nSPS) is 18.4. The van der Waals surface area contributed by atoms with Gasteiger partial charge in [-0.3, -0.25) is 14.4 Å². The van der Waals surface area contributed by atoms with Crippen molar-refractivity contribution in [3.63, 3.8) is 0 Å². The van der Waals surface area contributed by atoms with E-state index in [1.54, 1.807) is 11.3 Å². The number of fused-ring (bicyclic) bond motifs is 1. The van der Waals surface area contributed by atoms with Crippen molar-refractivity contribution in [3.8, 4) is 0 Å². The number of aromatic nitrogens is 2.